The van der Waals surface area contributed by atoms with Crippen molar-refractivity contribution < 1.29 is 9.59 Å². The summed E-state index contributed by atoms with van der Waals surface area (Å²) in [6.07, 6.45) is 4.58. The molecule has 2 aromatic rings. The number of carbonyl (C=O) groups excluding carboxylic acids is 2. The van der Waals surface area contributed by atoms with E-state index in [4.69, 9.17) is 0 Å². The molecule has 5 heteroatoms. The van der Waals surface area contributed by atoms with E-state index in [0.29, 0.717) is 18.0 Å². The monoisotopic (exact) mass is 421 g/mol. The van der Waals surface area contributed by atoms with E-state index in [1.165, 1.54) is 12.8 Å². The summed E-state index contributed by atoms with van der Waals surface area (Å²) in [5.74, 6) is 0.206. The molecular weight excluding hydrogens is 386 g/mol. The maximum Gasteiger partial charge on any atom is 0.251 e. The number of nitrogens with one attached hydrogen (secondary N) is 2. The quantitative estimate of drug-likeness (QED) is 0.586. The lowest BCUT2D eigenvalue weighted by Gasteiger charge is -2.23. The molecule has 2 N–H and O–H groups in total. The van der Waals surface area contributed by atoms with Crippen LogP contribution in [0.2, 0.25) is 0 Å². The van der Waals surface area contributed by atoms with Gasteiger partial charge in [-0.25, -0.2) is 0 Å². The SMILES string of the molecule is CCN(CC)CCNC(=O)c1ccc(NC(=O)C(c2ccccc2)C2CCCC2)cc1. The Morgan fingerprint density at radius 3 is 2.23 bits per heavy atom. The van der Waals surface area contributed by atoms with Crippen LogP contribution in [0.5, 0.6) is 0 Å². The van der Waals surface area contributed by atoms with Crippen LogP contribution in [-0.4, -0.2) is 42.9 Å². The summed E-state index contributed by atoms with van der Waals surface area (Å²) in [6.45, 7) is 7.66. The van der Waals surface area contributed by atoms with Gasteiger partial charge in [0.1, 0.15) is 0 Å². The first-order chi connectivity index (χ1) is 15.1. The molecule has 1 saturated carbocycles. The number of rotatable bonds is 10. The molecule has 0 aliphatic heterocycles. The molecule has 1 atom stereocenters. The van der Waals surface area contributed by atoms with Gasteiger partial charge in [-0.05, 0) is 61.7 Å². The van der Waals surface area contributed by atoms with Crippen molar-refractivity contribution in [2.75, 3.05) is 31.5 Å². The van der Waals surface area contributed by atoms with E-state index in [1.807, 2.05) is 42.5 Å². The predicted octanol–water partition coefficient (Wildman–Crippen LogP) is 4.67. The van der Waals surface area contributed by atoms with E-state index in [-0.39, 0.29) is 17.7 Å². The topological polar surface area (TPSA) is 61.4 Å². The van der Waals surface area contributed by atoms with Crippen molar-refractivity contribution in [2.24, 2.45) is 5.92 Å². The largest absolute Gasteiger partial charge is 0.351 e. The van der Waals surface area contributed by atoms with Crippen LogP contribution in [0.25, 0.3) is 0 Å². The van der Waals surface area contributed by atoms with Crippen LogP contribution in [0.1, 0.15) is 61.4 Å². The smallest absolute Gasteiger partial charge is 0.251 e. The number of hydrogen-bond acceptors (Lipinski definition) is 3. The predicted molar refractivity (Wildman–Crippen MR) is 126 cm³/mol. The van der Waals surface area contributed by atoms with Gasteiger partial charge < -0.3 is 15.5 Å². The van der Waals surface area contributed by atoms with Crippen LogP contribution in [0.15, 0.2) is 54.6 Å². The molecule has 0 spiro atoms. The summed E-state index contributed by atoms with van der Waals surface area (Å²) < 4.78 is 0. The standard InChI is InChI=1S/C26H35N3O2/c1-3-29(4-2)19-18-27-25(30)22-14-16-23(17-15-22)28-26(31)24(21-12-8-9-13-21)20-10-6-5-7-11-20/h5-7,10-11,14-17,21,24H,3-4,8-9,12-13,18-19H2,1-2H3,(H,27,30)(H,28,31). The summed E-state index contributed by atoms with van der Waals surface area (Å²) in [7, 11) is 0. The molecule has 5 nitrogen and oxygen atoms in total. The van der Waals surface area contributed by atoms with Crippen molar-refractivity contribution in [1.82, 2.24) is 10.2 Å². The molecule has 1 aliphatic carbocycles. The highest BCUT2D eigenvalue weighted by Gasteiger charge is 2.31. The molecular formula is C26H35N3O2. The van der Waals surface area contributed by atoms with E-state index in [9.17, 15) is 9.59 Å². The first-order valence-corrected chi connectivity index (χ1v) is 11.6. The molecule has 2 aromatic carbocycles. The fraction of sp³-hybridized carbons (Fsp3) is 0.462. The molecule has 0 heterocycles. The Bertz CT molecular complexity index is 825. The fourth-order valence-electron chi connectivity index (χ4n) is 4.48. The number of likely N-dealkylation sites (N-methyl/N-ethyl adjacent to an activating group) is 1. The number of nitrogens with zero attached hydrogens (tertiary/aromatic N) is 1. The molecule has 2 amide bonds. The minimum atomic E-state index is -0.133. The minimum absolute atomic E-state index is 0.0366. The normalized spacial score (nSPS) is 15.1. The molecule has 0 saturated heterocycles. The Labute approximate surface area is 186 Å². The summed E-state index contributed by atoms with van der Waals surface area (Å²) >= 11 is 0. The van der Waals surface area contributed by atoms with Gasteiger partial charge in [0.25, 0.3) is 5.91 Å². The minimum Gasteiger partial charge on any atom is -0.351 e. The summed E-state index contributed by atoms with van der Waals surface area (Å²) in [4.78, 5) is 27.8. The van der Waals surface area contributed by atoms with Gasteiger partial charge in [-0.1, -0.05) is 57.0 Å². The Morgan fingerprint density at radius 1 is 0.968 bits per heavy atom. The van der Waals surface area contributed by atoms with E-state index in [2.05, 4.69) is 29.4 Å². The second-order valence-electron chi connectivity index (χ2n) is 8.28. The van der Waals surface area contributed by atoms with Gasteiger partial charge in [0, 0.05) is 24.3 Å². The van der Waals surface area contributed by atoms with E-state index in [1.54, 1.807) is 12.1 Å². The highest BCUT2D eigenvalue weighted by molar-refractivity contribution is 5.98. The lowest BCUT2D eigenvalue weighted by atomic mass is 9.84. The lowest BCUT2D eigenvalue weighted by Crippen LogP contribution is -2.34. The third-order valence-electron chi connectivity index (χ3n) is 6.34. The van der Waals surface area contributed by atoms with Gasteiger partial charge in [-0.2, -0.15) is 0 Å². The second kappa shape index (κ2) is 11.7. The molecule has 0 radical (unpaired) electrons. The Kier molecular flexibility index (Phi) is 8.65. The zero-order chi connectivity index (χ0) is 22.1. The zero-order valence-electron chi connectivity index (χ0n) is 18.8. The van der Waals surface area contributed by atoms with Crippen molar-refractivity contribution in [3.05, 3.63) is 65.7 Å². The maximum absolute atomic E-state index is 13.2. The fourth-order valence-corrected chi connectivity index (χ4v) is 4.48. The molecule has 166 valence electrons. The highest BCUT2D eigenvalue weighted by atomic mass is 16.2. The van der Waals surface area contributed by atoms with Crippen LogP contribution in [-0.2, 0) is 4.79 Å². The molecule has 0 bridgehead atoms. The molecule has 1 unspecified atom stereocenters. The van der Waals surface area contributed by atoms with Gasteiger partial charge >= 0.3 is 0 Å². The summed E-state index contributed by atoms with van der Waals surface area (Å²) in [5.41, 5.74) is 2.41. The average Bonchev–Trinajstić information content (AvgIpc) is 3.32. The summed E-state index contributed by atoms with van der Waals surface area (Å²) in [5, 5.41) is 6.05. The van der Waals surface area contributed by atoms with E-state index in [0.717, 1.165) is 43.7 Å². The molecule has 0 aromatic heterocycles. The van der Waals surface area contributed by atoms with Gasteiger partial charge in [0.2, 0.25) is 5.91 Å². The maximum atomic E-state index is 13.2. The van der Waals surface area contributed by atoms with Crippen molar-refractivity contribution in [1.29, 1.82) is 0 Å². The third kappa shape index (κ3) is 6.41. The van der Waals surface area contributed by atoms with Gasteiger partial charge in [-0.15, -0.1) is 0 Å². The van der Waals surface area contributed by atoms with E-state index >= 15 is 0 Å². The van der Waals surface area contributed by atoms with Gasteiger partial charge in [0.15, 0.2) is 0 Å². The van der Waals surface area contributed by atoms with E-state index < -0.39 is 0 Å². The molecule has 31 heavy (non-hydrogen) atoms. The number of benzene rings is 2. The summed E-state index contributed by atoms with van der Waals surface area (Å²) in [6, 6.07) is 17.3. The van der Waals surface area contributed by atoms with Crippen molar-refractivity contribution in [3.63, 3.8) is 0 Å². The zero-order valence-corrected chi connectivity index (χ0v) is 18.8. The van der Waals surface area contributed by atoms with Crippen molar-refractivity contribution >= 4 is 17.5 Å². The number of anilines is 1. The Balaban J connectivity index is 1.60. The number of carbonyl (C=O) groups is 2. The average molecular weight is 422 g/mol. The Hall–Kier alpha value is -2.66. The highest BCUT2D eigenvalue weighted by Crippen LogP contribution is 2.38. The van der Waals surface area contributed by atoms with Crippen LogP contribution < -0.4 is 10.6 Å². The van der Waals surface area contributed by atoms with Gasteiger partial charge in [0.05, 0.1) is 5.92 Å². The third-order valence-corrected chi connectivity index (χ3v) is 6.34. The molecule has 3 rings (SSSR count). The van der Waals surface area contributed by atoms with Crippen LogP contribution in [0.4, 0.5) is 5.69 Å². The van der Waals surface area contributed by atoms with Crippen molar-refractivity contribution in [3.8, 4) is 0 Å². The van der Waals surface area contributed by atoms with Crippen LogP contribution in [0.3, 0.4) is 0 Å². The second-order valence-corrected chi connectivity index (χ2v) is 8.28. The number of hydrogen-bond donors (Lipinski definition) is 2. The van der Waals surface area contributed by atoms with Crippen molar-refractivity contribution in [2.45, 2.75) is 45.4 Å². The Morgan fingerprint density at radius 2 is 1.61 bits per heavy atom. The van der Waals surface area contributed by atoms with Gasteiger partial charge in [-0.3, -0.25) is 9.59 Å². The van der Waals surface area contributed by atoms with Crippen LogP contribution in [0, 0.1) is 5.92 Å². The lowest BCUT2D eigenvalue weighted by molar-refractivity contribution is -0.118. The first-order valence-electron chi connectivity index (χ1n) is 11.6. The molecule has 1 fully saturated rings. The number of amides is 2. The first kappa shape index (κ1) is 23.0. The molecule has 1 aliphatic rings. The van der Waals surface area contributed by atoms with Crippen LogP contribution >= 0.6 is 0 Å².